The van der Waals surface area contributed by atoms with Gasteiger partial charge in [-0.15, -0.1) is 0 Å². The second-order valence-electron chi connectivity index (χ2n) is 10.8. The maximum absolute atomic E-state index is 12.7. The largest absolute Gasteiger partial charge is 0.417 e. The molecule has 0 spiro atoms. The molecular formula is C33H30Cl4N2O4. The molecule has 0 heterocycles. The van der Waals surface area contributed by atoms with E-state index < -0.39 is 17.6 Å². The lowest BCUT2D eigenvalue weighted by Gasteiger charge is -2.29. The van der Waals surface area contributed by atoms with Crippen molar-refractivity contribution in [2.75, 3.05) is 10.6 Å². The zero-order valence-corrected chi connectivity index (χ0v) is 27.4. The van der Waals surface area contributed by atoms with E-state index in [1.807, 2.05) is 52.0 Å². The Bertz CT molecular complexity index is 1520. The van der Waals surface area contributed by atoms with Crippen LogP contribution in [0.15, 0.2) is 60.7 Å². The summed E-state index contributed by atoms with van der Waals surface area (Å²) in [5.74, 6) is 0.932. The molecule has 2 N–H and O–H groups in total. The van der Waals surface area contributed by atoms with Crippen molar-refractivity contribution in [2.45, 2.75) is 47.0 Å². The summed E-state index contributed by atoms with van der Waals surface area (Å²) in [6.07, 6.45) is -1.30. The lowest BCUT2D eigenvalue weighted by molar-refractivity contribution is 0.213. The van der Waals surface area contributed by atoms with Crippen molar-refractivity contribution in [2.24, 2.45) is 0 Å². The minimum atomic E-state index is -0.652. The van der Waals surface area contributed by atoms with Crippen LogP contribution in [0.3, 0.4) is 0 Å². The standard InChI is InChI=1S/C33H30Cl4N2O4/c1-17-7-21(8-18(2)29(17)42-31(40)38-27-13-23(34)11-24(35)14-27)33(5,6)22-9-19(3)30(20(4)10-22)43-32(41)39-28-15-25(36)12-26(37)16-28/h7-16H,1-6H3,(H,38,40)(H,39,41). The Labute approximate surface area is 271 Å². The van der Waals surface area contributed by atoms with Crippen LogP contribution < -0.4 is 20.1 Å². The molecule has 0 saturated carbocycles. The smallest absolute Gasteiger partial charge is 0.410 e. The summed E-state index contributed by atoms with van der Waals surface area (Å²) >= 11 is 24.1. The minimum Gasteiger partial charge on any atom is -0.410 e. The number of carbonyl (C=O) groups excluding carboxylic acids is 2. The molecular weight excluding hydrogens is 630 g/mol. The molecule has 4 rings (SSSR count). The van der Waals surface area contributed by atoms with Gasteiger partial charge < -0.3 is 9.47 Å². The monoisotopic (exact) mass is 658 g/mol. The van der Waals surface area contributed by atoms with Crippen LogP contribution in [-0.2, 0) is 5.41 Å². The van der Waals surface area contributed by atoms with Crippen LogP contribution in [0.25, 0.3) is 0 Å². The quantitative estimate of drug-likeness (QED) is 0.216. The predicted octanol–water partition coefficient (Wildman–Crippen LogP) is 11.1. The number of nitrogens with one attached hydrogen (secondary N) is 2. The molecule has 0 atom stereocenters. The van der Waals surface area contributed by atoms with Gasteiger partial charge in [-0.2, -0.15) is 0 Å². The molecule has 4 aromatic rings. The molecule has 6 nitrogen and oxygen atoms in total. The number of amides is 2. The average molecular weight is 660 g/mol. The number of carbonyl (C=O) groups is 2. The molecule has 0 aromatic heterocycles. The van der Waals surface area contributed by atoms with E-state index in [0.717, 1.165) is 33.4 Å². The topological polar surface area (TPSA) is 76.7 Å². The van der Waals surface area contributed by atoms with Crippen molar-refractivity contribution < 1.29 is 19.1 Å². The summed E-state index contributed by atoms with van der Waals surface area (Å²) in [7, 11) is 0. The number of anilines is 2. The fraction of sp³-hybridized carbons (Fsp3) is 0.212. The first-order valence-corrected chi connectivity index (χ1v) is 14.8. The lowest BCUT2D eigenvalue weighted by Crippen LogP contribution is -2.22. The van der Waals surface area contributed by atoms with Crippen molar-refractivity contribution in [3.63, 3.8) is 0 Å². The van der Waals surface area contributed by atoms with Crippen molar-refractivity contribution in [3.05, 3.63) is 114 Å². The molecule has 0 aliphatic carbocycles. The predicted molar refractivity (Wildman–Crippen MR) is 176 cm³/mol. The van der Waals surface area contributed by atoms with Crippen LogP contribution >= 0.6 is 46.4 Å². The fourth-order valence-corrected chi connectivity index (χ4v) is 5.89. The SMILES string of the molecule is Cc1cc(C(C)(C)c2cc(C)c(OC(=O)Nc3cc(Cl)cc(Cl)c3)c(C)c2)cc(C)c1OC(=O)Nc1cc(Cl)cc(Cl)c1. The summed E-state index contributed by atoms with van der Waals surface area (Å²) in [5, 5.41) is 6.93. The Morgan fingerprint density at radius 2 is 0.814 bits per heavy atom. The van der Waals surface area contributed by atoms with Crippen molar-refractivity contribution in [1.29, 1.82) is 0 Å². The second-order valence-corrected chi connectivity index (χ2v) is 12.6. The van der Waals surface area contributed by atoms with Gasteiger partial charge in [0.05, 0.1) is 0 Å². The van der Waals surface area contributed by atoms with Gasteiger partial charge in [-0.1, -0.05) is 84.5 Å². The van der Waals surface area contributed by atoms with E-state index in [-0.39, 0.29) is 0 Å². The Morgan fingerprint density at radius 3 is 1.09 bits per heavy atom. The summed E-state index contributed by atoms with van der Waals surface area (Å²) in [5.41, 5.74) is 5.69. The number of aryl methyl sites for hydroxylation is 4. The van der Waals surface area contributed by atoms with E-state index in [9.17, 15) is 9.59 Å². The highest BCUT2D eigenvalue weighted by Crippen LogP contribution is 2.39. The molecule has 10 heteroatoms. The third-order valence-corrected chi connectivity index (χ3v) is 7.84. The molecule has 0 bridgehead atoms. The number of benzene rings is 4. The fourth-order valence-electron chi connectivity index (χ4n) is 4.84. The number of hydrogen-bond acceptors (Lipinski definition) is 4. The van der Waals surface area contributed by atoms with Gasteiger partial charge in [0, 0.05) is 36.9 Å². The highest BCUT2D eigenvalue weighted by atomic mass is 35.5. The van der Waals surface area contributed by atoms with Crippen LogP contribution in [0.2, 0.25) is 20.1 Å². The van der Waals surface area contributed by atoms with Gasteiger partial charge in [-0.25, -0.2) is 9.59 Å². The van der Waals surface area contributed by atoms with E-state index in [4.69, 9.17) is 55.9 Å². The van der Waals surface area contributed by atoms with Gasteiger partial charge in [-0.05, 0) is 97.5 Å². The Hall–Kier alpha value is -3.42. The molecule has 0 aliphatic rings. The molecule has 0 aliphatic heterocycles. The second kappa shape index (κ2) is 13.1. The van der Waals surface area contributed by atoms with E-state index in [0.29, 0.717) is 43.0 Å². The summed E-state index contributed by atoms with van der Waals surface area (Å²) in [6, 6.07) is 17.5. The van der Waals surface area contributed by atoms with Gasteiger partial charge in [0.1, 0.15) is 11.5 Å². The van der Waals surface area contributed by atoms with Crippen LogP contribution in [-0.4, -0.2) is 12.2 Å². The average Bonchev–Trinajstić information content (AvgIpc) is 2.86. The maximum Gasteiger partial charge on any atom is 0.417 e. The van der Waals surface area contributed by atoms with E-state index >= 15 is 0 Å². The van der Waals surface area contributed by atoms with Gasteiger partial charge in [0.2, 0.25) is 0 Å². The first-order chi connectivity index (χ1) is 20.1. The third-order valence-electron chi connectivity index (χ3n) is 6.97. The summed E-state index contributed by atoms with van der Waals surface area (Å²) in [4.78, 5) is 25.3. The first-order valence-electron chi connectivity index (χ1n) is 13.3. The Morgan fingerprint density at radius 1 is 0.535 bits per heavy atom. The zero-order chi connectivity index (χ0) is 31.6. The number of hydrogen-bond donors (Lipinski definition) is 2. The van der Waals surface area contributed by atoms with Crippen LogP contribution in [0.5, 0.6) is 11.5 Å². The Kier molecular flexibility index (Phi) is 9.87. The molecule has 0 saturated heterocycles. The van der Waals surface area contributed by atoms with Crippen molar-refractivity contribution in [3.8, 4) is 11.5 Å². The Balaban J connectivity index is 1.53. The third kappa shape index (κ3) is 7.95. The minimum absolute atomic E-state index is 0.401. The van der Waals surface area contributed by atoms with E-state index in [2.05, 4.69) is 24.5 Å². The van der Waals surface area contributed by atoms with Gasteiger partial charge in [0.25, 0.3) is 0 Å². The molecule has 0 radical (unpaired) electrons. The molecule has 4 aromatic carbocycles. The van der Waals surface area contributed by atoms with Gasteiger partial charge in [0.15, 0.2) is 0 Å². The van der Waals surface area contributed by atoms with Crippen molar-refractivity contribution >= 4 is 70.0 Å². The highest BCUT2D eigenvalue weighted by Gasteiger charge is 2.27. The van der Waals surface area contributed by atoms with E-state index in [1.54, 1.807) is 36.4 Å². The van der Waals surface area contributed by atoms with Crippen molar-refractivity contribution in [1.82, 2.24) is 0 Å². The molecule has 43 heavy (non-hydrogen) atoms. The first kappa shape index (κ1) is 32.5. The van der Waals surface area contributed by atoms with Gasteiger partial charge in [-0.3, -0.25) is 10.6 Å². The van der Waals surface area contributed by atoms with Crippen LogP contribution in [0, 0.1) is 27.7 Å². The van der Waals surface area contributed by atoms with Crippen LogP contribution in [0.4, 0.5) is 21.0 Å². The van der Waals surface area contributed by atoms with Gasteiger partial charge >= 0.3 is 12.2 Å². The molecule has 2 amide bonds. The zero-order valence-electron chi connectivity index (χ0n) is 24.4. The normalized spacial score (nSPS) is 11.2. The van der Waals surface area contributed by atoms with Crippen LogP contribution in [0.1, 0.15) is 47.2 Å². The summed E-state index contributed by atoms with van der Waals surface area (Å²) < 4.78 is 11.3. The number of ether oxygens (including phenoxy) is 2. The molecule has 224 valence electrons. The lowest BCUT2D eigenvalue weighted by atomic mass is 9.76. The highest BCUT2D eigenvalue weighted by molar-refractivity contribution is 6.35. The molecule has 0 unspecified atom stereocenters. The number of halogens is 4. The maximum atomic E-state index is 12.7. The number of rotatable bonds is 6. The molecule has 0 fully saturated rings. The summed E-state index contributed by atoms with van der Waals surface area (Å²) in [6.45, 7) is 11.8. The van der Waals surface area contributed by atoms with E-state index in [1.165, 1.54) is 0 Å².